The van der Waals surface area contributed by atoms with Gasteiger partial charge in [0.2, 0.25) is 5.95 Å². The highest BCUT2D eigenvalue weighted by Gasteiger charge is 2.31. The number of rotatable bonds is 5. The molecule has 10 heteroatoms. The summed E-state index contributed by atoms with van der Waals surface area (Å²) in [6, 6.07) is 9.63. The van der Waals surface area contributed by atoms with E-state index in [1.807, 2.05) is 60.8 Å². The van der Waals surface area contributed by atoms with Crippen molar-refractivity contribution >= 4 is 15.8 Å². The molecule has 9 nitrogen and oxygen atoms in total. The highest BCUT2D eigenvalue weighted by molar-refractivity contribution is 7.91. The van der Waals surface area contributed by atoms with Crippen molar-refractivity contribution in [1.29, 1.82) is 0 Å². The lowest BCUT2D eigenvalue weighted by molar-refractivity contribution is 0.485. The molecular weight excluding hydrogens is 378 g/mol. The number of tetrazole rings is 1. The number of aromatic nitrogens is 6. The molecule has 1 aliphatic heterocycles. The van der Waals surface area contributed by atoms with Crippen molar-refractivity contribution in [2.24, 2.45) is 0 Å². The second-order valence-corrected chi connectivity index (χ2v) is 9.46. The second kappa shape index (κ2) is 7.01. The van der Waals surface area contributed by atoms with E-state index in [1.54, 1.807) is 4.68 Å². The molecule has 28 heavy (non-hydrogen) atoms. The van der Waals surface area contributed by atoms with Gasteiger partial charge in [-0.05, 0) is 42.8 Å². The molecular formula is C18H23N7O2S. The van der Waals surface area contributed by atoms with Crippen molar-refractivity contribution in [2.75, 3.05) is 23.5 Å². The first kappa shape index (κ1) is 18.6. The lowest BCUT2D eigenvalue weighted by Gasteiger charge is -2.18. The zero-order chi connectivity index (χ0) is 19.9. The van der Waals surface area contributed by atoms with Crippen LogP contribution >= 0.6 is 0 Å². The number of nitrogens with zero attached hydrogens (tertiary/aromatic N) is 7. The molecule has 1 atom stereocenters. The third kappa shape index (κ3) is 3.39. The quantitative estimate of drug-likeness (QED) is 0.638. The molecule has 0 aliphatic carbocycles. The van der Waals surface area contributed by atoms with E-state index in [4.69, 9.17) is 0 Å². The van der Waals surface area contributed by atoms with E-state index < -0.39 is 9.84 Å². The monoisotopic (exact) mass is 401 g/mol. The fourth-order valence-corrected chi connectivity index (χ4v) is 5.41. The summed E-state index contributed by atoms with van der Waals surface area (Å²) in [5.74, 6) is 1.02. The van der Waals surface area contributed by atoms with Crippen molar-refractivity contribution in [3.8, 4) is 5.69 Å². The average Bonchev–Trinajstić information content (AvgIpc) is 3.36. The Morgan fingerprint density at radius 3 is 2.64 bits per heavy atom. The van der Waals surface area contributed by atoms with Crippen LogP contribution in [0.4, 0.5) is 5.95 Å². The number of hydrogen-bond donors (Lipinski definition) is 0. The summed E-state index contributed by atoms with van der Waals surface area (Å²) < 4.78 is 27.3. The molecule has 0 spiro atoms. The van der Waals surface area contributed by atoms with Crippen molar-refractivity contribution in [1.82, 2.24) is 30.0 Å². The van der Waals surface area contributed by atoms with E-state index in [0.717, 1.165) is 22.6 Å². The van der Waals surface area contributed by atoms with Crippen LogP contribution in [0.5, 0.6) is 0 Å². The molecule has 0 bridgehead atoms. The Morgan fingerprint density at radius 2 is 1.96 bits per heavy atom. The van der Waals surface area contributed by atoms with Gasteiger partial charge < -0.3 is 4.90 Å². The molecule has 1 fully saturated rings. The fraction of sp³-hybridized carbons (Fsp3) is 0.444. The summed E-state index contributed by atoms with van der Waals surface area (Å²) in [4.78, 5) is 1.97. The number of benzene rings is 1. The number of aryl methyl sites for hydroxylation is 1. The minimum Gasteiger partial charge on any atom is -0.338 e. The number of hydrogen-bond acceptors (Lipinski definition) is 7. The van der Waals surface area contributed by atoms with E-state index >= 15 is 0 Å². The standard InChI is InChI=1S/C18H23N7O2S/c1-13-17(14(2)24(20-13)16-9-10-28(26,27)12-16)11-23(3)18-19-21-22-25(18)15-7-5-4-6-8-15/h4-8,16H,9-12H2,1-3H3/t16-/m0/s1. The van der Waals surface area contributed by atoms with Gasteiger partial charge in [-0.3, -0.25) is 4.68 Å². The molecule has 148 valence electrons. The van der Waals surface area contributed by atoms with E-state index in [1.165, 1.54) is 0 Å². The van der Waals surface area contributed by atoms with Gasteiger partial charge in [0.25, 0.3) is 0 Å². The molecule has 0 N–H and O–H groups in total. The predicted octanol–water partition coefficient (Wildman–Crippen LogP) is 1.47. The van der Waals surface area contributed by atoms with Gasteiger partial charge >= 0.3 is 0 Å². The Hall–Kier alpha value is -2.75. The van der Waals surface area contributed by atoms with Crippen molar-refractivity contribution < 1.29 is 8.42 Å². The predicted molar refractivity (Wildman–Crippen MR) is 105 cm³/mol. The van der Waals surface area contributed by atoms with Gasteiger partial charge in [-0.1, -0.05) is 23.3 Å². The second-order valence-electron chi connectivity index (χ2n) is 7.23. The summed E-state index contributed by atoms with van der Waals surface area (Å²) in [5.41, 5.74) is 3.83. The maximum Gasteiger partial charge on any atom is 0.250 e. The van der Waals surface area contributed by atoms with Crippen LogP contribution in [0, 0.1) is 13.8 Å². The lowest BCUT2D eigenvalue weighted by atomic mass is 10.2. The Labute approximate surface area is 163 Å². The fourth-order valence-electron chi connectivity index (χ4n) is 3.71. The van der Waals surface area contributed by atoms with Crippen molar-refractivity contribution in [2.45, 2.75) is 32.9 Å². The molecule has 3 aromatic rings. The van der Waals surface area contributed by atoms with Crippen molar-refractivity contribution in [3.05, 3.63) is 47.3 Å². The summed E-state index contributed by atoms with van der Waals surface area (Å²) in [6.45, 7) is 4.52. The van der Waals surface area contributed by atoms with Crippen molar-refractivity contribution in [3.63, 3.8) is 0 Å². The Kier molecular flexibility index (Phi) is 4.66. The minimum atomic E-state index is -2.96. The van der Waals surface area contributed by atoms with Crippen LogP contribution in [0.25, 0.3) is 5.69 Å². The molecule has 0 radical (unpaired) electrons. The first-order valence-electron chi connectivity index (χ1n) is 9.15. The van der Waals surface area contributed by atoms with E-state index in [9.17, 15) is 8.42 Å². The maximum absolute atomic E-state index is 11.8. The molecule has 1 aliphatic rings. The van der Waals surface area contributed by atoms with Crippen LogP contribution in [0.15, 0.2) is 30.3 Å². The highest BCUT2D eigenvalue weighted by atomic mass is 32.2. The highest BCUT2D eigenvalue weighted by Crippen LogP contribution is 2.28. The van der Waals surface area contributed by atoms with Gasteiger partial charge in [0.1, 0.15) is 0 Å². The number of anilines is 1. The van der Waals surface area contributed by atoms with Gasteiger partial charge in [0.15, 0.2) is 9.84 Å². The molecule has 0 amide bonds. The molecule has 4 rings (SSSR count). The number of sulfone groups is 1. The first-order chi connectivity index (χ1) is 13.4. The Bertz CT molecular complexity index is 1090. The summed E-state index contributed by atoms with van der Waals surface area (Å²) >= 11 is 0. The lowest BCUT2D eigenvalue weighted by Crippen LogP contribution is -2.22. The summed E-state index contributed by atoms with van der Waals surface area (Å²) in [6.07, 6.45) is 0.617. The first-order valence-corrected chi connectivity index (χ1v) is 11.0. The zero-order valence-electron chi connectivity index (χ0n) is 16.1. The van der Waals surface area contributed by atoms with E-state index in [2.05, 4.69) is 20.6 Å². The largest absolute Gasteiger partial charge is 0.338 e. The summed E-state index contributed by atoms with van der Waals surface area (Å²) in [7, 11) is -1.03. The van der Waals surface area contributed by atoms with Crippen LogP contribution in [0.1, 0.15) is 29.4 Å². The topological polar surface area (TPSA) is 98.8 Å². The number of para-hydroxylation sites is 1. The molecule has 1 saturated heterocycles. The average molecular weight is 401 g/mol. The third-order valence-electron chi connectivity index (χ3n) is 5.22. The Morgan fingerprint density at radius 1 is 1.21 bits per heavy atom. The smallest absolute Gasteiger partial charge is 0.250 e. The maximum atomic E-state index is 11.8. The Balaban J connectivity index is 1.60. The normalized spacial score (nSPS) is 18.5. The van der Waals surface area contributed by atoms with Gasteiger partial charge in [-0.15, -0.1) is 0 Å². The van der Waals surface area contributed by atoms with Crippen LogP contribution < -0.4 is 4.90 Å². The van der Waals surface area contributed by atoms with Crippen LogP contribution in [-0.2, 0) is 16.4 Å². The zero-order valence-corrected chi connectivity index (χ0v) is 17.0. The molecule has 1 aromatic carbocycles. The molecule has 2 aromatic heterocycles. The molecule has 0 unspecified atom stereocenters. The van der Waals surface area contributed by atoms with E-state index in [-0.39, 0.29) is 17.5 Å². The van der Waals surface area contributed by atoms with Gasteiger partial charge in [-0.25, -0.2) is 8.42 Å². The SMILES string of the molecule is Cc1nn([C@H]2CCS(=O)(=O)C2)c(C)c1CN(C)c1nnnn1-c1ccccc1. The van der Waals surface area contributed by atoms with Gasteiger partial charge in [-0.2, -0.15) is 9.78 Å². The van der Waals surface area contributed by atoms with Gasteiger partial charge in [0.05, 0.1) is 28.9 Å². The molecule has 3 heterocycles. The minimum absolute atomic E-state index is 0.0857. The third-order valence-corrected chi connectivity index (χ3v) is 6.97. The van der Waals surface area contributed by atoms with Crippen LogP contribution in [-0.4, -0.2) is 57.0 Å². The van der Waals surface area contributed by atoms with Crippen LogP contribution in [0.2, 0.25) is 0 Å². The molecule has 0 saturated carbocycles. The van der Waals surface area contributed by atoms with Gasteiger partial charge in [0, 0.05) is 24.8 Å². The van der Waals surface area contributed by atoms with Crippen LogP contribution in [0.3, 0.4) is 0 Å². The summed E-state index contributed by atoms with van der Waals surface area (Å²) in [5, 5.41) is 16.7. The van der Waals surface area contributed by atoms with E-state index in [0.29, 0.717) is 18.9 Å².